The maximum absolute atomic E-state index is 10.7. The van der Waals surface area contributed by atoms with Crippen LogP contribution in [-0.4, -0.2) is 20.6 Å². The Morgan fingerprint density at radius 2 is 2.15 bits per heavy atom. The van der Waals surface area contributed by atoms with E-state index in [2.05, 4.69) is 4.98 Å². The number of nitrogens with zero attached hydrogens (tertiary/aromatic N) is 2. The lowest BCUT2D eigenvalue weighted by Crippen LogP contribution is -2.07. The number of hydrogen-bond acceptors (Lipinski definition) is 3. The van der Waals surface area contributed by atoms with Crippen molar-refractivity contribution in [3.05, 3.63) is 11.5 Å². The molecule has 0 fully saturated rings. The van der Waals surface area contributed by atoms with Crippen molar-refractivity contribution >= 4 is 11.8 Å². The van der Waals surface area contributed by atoms with E-state index in [0.717, 1.165) is 0 Å². The maximum Gasteiger partial charge on any atom is 0.372 e. The van der Waals surface area contributed by atoms with E-state index in [9.17, 15) is 4.79 Å². The summed E-state index contributed by atoms with van der Waals surface area (Å²) in [6.07, 6.45) is 0. The van der Waals surface area contributed by atoms with Gasteiger partial charge in [-0.2, -0.15) is 0 Å². The first kappa shape index (κ1) is 9.57. The molecule has 0 spiro atoms. The lowest BCUT2D eigenvalue weighted by atomic mass is 10.1. The van der Waals surface area contributed by atoms with E-state index in [1.165, 1.54) is 4.57 Å². The molecule has 0 saturated heterocycles. The quantitative estimate of drug-likeness (QED) is 0.711. The molecule has 1 heterocycles. The Morgan fingerprint density at radius 1 is 1.62 bits per heavy atom. The van der Waals surface area contributed by atoms with E-state index in [1.54, 1.807) is 7.05 Å². The fraction of sp³-hybridized carbons (Fsp3) is 0.500. The normalized spacial score (nSPS) is 10.8. The zero-order valence-electron chi connectivity index (χ0n) is 7.90. The van der Waals surface area contributed by atoms with Crippen LogP contribution in [0.15, 0.2) is 0 Å². The highest BCUT2D eigenvalue weighted by Crippen LogP contribution is 2.21. The fourth-order valence-corrected chi connectivity index (χ4v) is 1.15. The fourth-order valence-electron chi connectivity index (χ4n) is 1.15. The van der Waals surface area contributed by atoms with Crippen LogP contribution in [0.4, 0.5) is 5.82 Å². The lowest BCUT2D eigenvalue weighted by molar-refractivity contribution is 0.0679. The molecule has 0 amide bonds. The maximum atomic E-state index is 10.7. The topological polar surface area (TPSA) is 81.1 Å². The van der Waals surface area contributed by atoms with Crippen molar-refractivity contribution in [1.82, 2.24) is 9.55 Å². The molecule has 0 aliphatic carbocycles. The summed E-state index contributed by atoms with van der Waals surface area (Å²) in [7, 11) is 1.59. The van der Waals surface area contributed by atoms with Gasteiger partial charge in [0.15, 0.2) is 0 Å². The SMILES string of the molecule is CC(C)c1nc(C(=O)O)n(C)c1N. The number of carbonyl (C=O) groups is 1. The Balaban J connectivity index is 3.28. The van der Waals surface area contributed by atoms with E-state index >= 15 is 0 Å². The molecule has 1 aromatic rings. The number of hydrogen-bond donors (Lipinski definition) is 2. The molecule has 0 aliphatic heterocycles. The number of nitrogens with two attached hydrogens (primary N) is 1. The average Bonchev–Trinajstić information content (AvgIpc) is 2.29. The summed E-state index contributed by atoms with van der Waals surface area (Å²) >= 11 is 0. The van der Waals surface area contributed by atoms with Gasteiger partial charge in [0, 0.05) is 7.05 Å². The molecule has 5 heteroatoms. The average molecular weight is 183 g/mol. The van der Waals surface area contributed by atoms with Gasteiger partial charge in [0.05, 0.1) is 5.69 Å². The third-order valence-corrected chi connectivity index (χ3v) is 1.91. The van der Waals surface area contributed by atoms with Crippen LogP contribution in [0.25, 0.3) is 0 Å². The first-order chi connectivity index (χ1) is 5.95. The van der Waals surface area contributed by atoms with Crippen molar-refractivity contribution in [3.8, 4) is 0 Å². The summed E-state index contributed by atoms with van der Waals surface area (Å²) in [6.45, 7) is 3.84. The van der Waals surface area contributed by atoms with Crippen molar-refractivity contribution in [1.29, 1.82) is 0 Å². The number of nitrogen functional groups attached to an aromatic ring is 1. The minimum Gasteiger partial charge on any atom is -0.475 e. The van der Waals surface area contributed by atoms with Crippen LogP contribution in [0.2, 0.25) is 0 Å². The number of aromatic nitrogens is 2. The molecule has 1 rings (SSSR count). The van der Waals surface area contributed by atoms with Gasteiger partial charge in [-0.05, 0) is 5.92 Å². The zero-order chi connectivity index (χ0) is 10.2. The predicted octanol–water partition coefficient (Wildman–Crippen LogP) is 0.824. The highest BCUT2D eigenvalue weighted by molar-refractivity contribution is 5.84. The van der Waals surface area contributed by atoms with Crippen LogP contribution in [-0.2, 0) is 7.05 Å². The Bertz CT molecular complexity index is 341. The second-order valence-corrected chi connectivity index (χ2v) is 3.22. The molecular weight excluding hydrogens is 170 g/mol. The van der Waals surface area contributed by atoms with Crippen molar-refractivity contribution in [2.45, 2.75) is 19.8 Å². The van der Waals surface area contributed by atoms with Crippen molar-refractivity contribution < 1.29 is 9.90 Å². The van der Waals surface area contributed by atoms with Gasteiger partial charge in [-0.25, -0.2) is 9.78 Å². The number of anilines is 1. The smallest absolute Gasteiger partial charge is 0.372 e. The van der Waals surface area contributed by atoms with Crippen LogP contribution in [0.3, 0.4) is 0 Å². The lowest BCUT2D eigenvalue weighted by Gasteiger charge is -2.01. The molecule has 13 heavy (non-hydrogen) atoms. The molecule has 0 atom stereocenters. The summed E-state index contributed by atoms with van der Waals surface area (Å²) < 4.78 is 1.39. The second-order valence-electron chi connectivity index (χ2n) is 3.22. The van der Waals surface area contributed by atoms with E-state index in [-0.39, 0.29) is 11.7 Å². The minimum absolute atomic E-state index is 0.0128. The first-order valence-electron chi connectivity index (χ1n) is 4.00. The molecule has 0 aliphatic rings. The number of imidazole rings is 1. The highest BCUT2D eigenvalue weighted by atomic mass is 16.4. The molecule has 0 unspecified atom stereocenters. The van der Waals surface area contributed by atoms with E-state index < -0.39 is 5.97 Å². The Labute approximate surface area is 76.2 Å². The second kappa shape index (κ2) is 3.08. The summed E-state index contributed by atoms with van der Waals surface area (Å²) in [5, 5.41) is 8.75. The molecular formula is C8H13N3O2. The molecule has 0 saturated carbocycles. The van der Waals surface area contributed by atoms with Gasteiger partial charge < -0.3 is 15.4 Å². The number of aromatic carboxylic acids is 1. The number of carboxylic acids is 1. The molecule has 5 nitrogen and oxygen atoms in total. The van der Waals surface area contributed by atoms with Crippen molar-refractivity contribution in [3.63, 3.8) is 0 Å². The van der Waals surface area contributed by atoms with Gasteiger partial charge in [0.2, 0.25) is 5.82 Å². The summed E-state index contributed by atoms with van der Waals surface area (Å²) in [6, 6.07) is 0. The van der Waals surface area contributed by atoms with E-state index in [4.69, 9.17) is 10.8 Å². The molecule has 0 radical (unpaired) electrons. The van der Waals surface area contributed by atoms with E-state index in [1.807, 2.05) is 13.8 Å². The van der Waals surface area contributed by atoms with Crippen LogP contribution in [0.5, 0.6) is 0 Å². The van der Waals surface area contributed by atoms with Crippen molar-refractivity contribution in [2.24, 2.45) is 7.05 Å². The Hall–Kier alpha value is -1.52. The largest absolute Gasteiger partial charge is 0.475 e. The first-order valence-corrected chi connectivity index (χ1v) is 4.00. The van der Waals surface area contributed by atoms with Gasteiger partial charge in [-0.1, -0.05) is 13.8 Å². The van der Waals surface area contributed by atoms with Gasteiger partial charge in [-0.15, -0.1) is 0 Å². The zero-order valence-corrected chi connectivity index (χ0v) is 7.90. The van der Waals surface area contributed by atoms with Gasteiger partial charge in [-0.3, -0.25) is 0 Å². The molecule has 0 aromatic carbocycles. The number of carboxylic acid groups (broad SMARTS) is 1. The standard InChI is InChI=1S/C8H13N3O2/c1-4(2)5-6(9)11(3)7(10-5)8(12)13/h4H,9H2,1-3H3,(H,12,13). The van der Waals surface area contributed by atoms with Crippen molar-refractivity contribution in [2.75, 3.05) is 5.73 Å². The van der Waals surface area contributed by atoms with Crippen LogP contribution >= 0.6 is 0 Å². The van der Waals surface area contributed by atoms with Crippen LogP contribution < -0.4 is 5.73 Å². The number of rotatable bonds is 2. The monoisotopic (exact) mass is 183 g/mol. The summed E-state index contributed by atoms with van der Waals surface area (Å²) in [4.78, 5) is 14.6. The van der Waals surface area contributed by atoms with Gasteiger partial charge in [0.1, 0.15) is 5.82 Å². The predicted molar refractivity (Wildman–Crippen MR) is 48.7 cm³/mol. The third kappa shape index (κ3) is 1.49. The Kier molecular flexibility index (Phi) is 2.27. The Morgan fingerprint density at radius 3 is 2.38 bits per heavy atom. The molecule has 1 aromatic heterocycles. The highest BCUT2D eigenvalue weighted by Gasteiger charge is 2.18. The molecule has 0 bridgehead atoms. The summed E-state index contributed by atoms with van der Waals surface area (Å²) in [5.74, 6) is -0.506. The minimum atomic E-state index is -1.05. The van der Waals surface area contributed by atoms with Gasteiger partial charge >= 0.3 is 5.97 Å². The van der Waals surface area contributed by atoms with Gasteiger partial charge in [0.25, 0.3) is 0 Å². The van der Waals surface area contributed by atoms with Crippen LogP contribution in [0, 0.1) is 0 Å². The molecule has 3 N–H and O–H groups in total. The molecule has 72 valence electrons. The third-order valence-electron chi connectivity index (χ3n) is 1.91. The van der Waals surface area contributed by atoms with E-state index in [0.29, 0.717) is 11.5 Å². The summed E-state index contributed by atoms with van der Waals surface area (Å²) in [5.41, 5.74) is 6.32. The van der Waals surface area contributed by atoms with Crippen LogP contribution in [0.1, 0.15) is 36.1 Å².